The van der Waals surface area contributed by atoms with Gasteiger partial charge < -0.3 is 30.5 Å². The molecule has 0 aliphatic carbocycles. The van der Waals surface area contributed by atoms with Gasteiger partial charge in [0.25, 0.3) is 11.8 Å². The summed E-state index contributed by atoms with van der Waals surface area (Å²) in [6.45, 7) is 3.98. The lowest BCUT2D eigenvalue weighted by atomic mass is 9.99. The van der Waals surface area contributed by atoms with Gasteiger partial charge >= 0.3 is 13.8 Å². The molecule has 4 amide bonds. The molecule has 15 nitrogen and oxygen atoms in total. The van der Waals surface area contributed by atoms with E-state index < -0.39 is 49.5 Å². The van der Waals surface area contributed by atoms with E-state index in [4.69, 9.17) is 4.74 Å². The lowest BCUT2D eigenvalue weighted by Gasteiger charge is -2.25. The highest BCUT2D eigenvalue weighted by molar-refractivity contribution is 7.46. The Bertz CT molecular complexity index is 2450. The van der Waals surface area contributed by atoms with E-state index in [1.54, 1.807) is 36.4 Å². The van der Waals surface area contributed by atoms with E-state index in [0.717, 1.165) is 5.56 Å². The van der Waals surface area contributed by atoms with Crippen LogP contribution in [0.1, 0.15) is 68.0 Å². The summed E-state index contributed by atoms with van der Waals surface area (Å²) in [5, 5.41) is 20.5. The maximum atomic E-state index is 14.1. The average molecular weight is 846 g/mol. The third kappa shape index (κ3) is 13.5. The van der Waals surface area contributed by atoms with E-state index in [0.29, 0.717) is 27.8 Å². The van der Waals surface area contributed by atoms with Crippen LogP contribution < -0.4 is 25.8 Å². The first-order chi connectivity index (χ1) is 29.1. The highest BCUT2D eigenvalue weighted by Gasteiger charge is 2.29. The van der Waals surface area contributed by atoms with Crippen LogP contribution >= 0.6 is 7.82 Å². The molecule has 0 bridgehead atoms. The number of carbonyl (C=O) groups excluding carboxylic acids is 5. The molecule has 2 atom stereocenters. The summed E-state index contributed by atoms with van der Waals surface area (Å²) in [5.74, 6) is -3.10. The van der Waals surface area contributed by atoms with Gasteiger partial charge in [-0.25, -0.2) is 9.36 Å². The van der Waals surface area contributed by atoms with Crippen molar-refractivity contribution >= 4 is 43.1 Å². The van der Waals surface area contributed by atoms with Crippen molar-refractivity contribution in [2.45, 2.75) is 45.3 Å². The Morgan fingerprint density at radius 2 is 1.36 bits per heavy atom. The van der Waals surface area contributed by atoms with Gasteiger partial charge in [-0.05, 0) is 101 Å². The third-order valence-corrected chi connectivity index (χ3v) is 9.67. The number of benzene rings is 5. The van der Waals surface area contributed by atoms with E-state index in [-0.39, 0.29) is 47.9 Å². The lowest BCUT2D eigenvalue weighted by molar-refractivity contribution is -0.128. The minimum atomic E-state index is -4.83. The first-order valence-electron chi connectivity index (χ1n) is 19.0. The smallest absolute Gasteiger partial charge is 0.465 e. The van der Waals surface area contributed by atoms with Gasteiger partial charge in [-0.15, -0.1) is 0 Å². The Hall–Kier alpha value is -7.11. The standard InChI is InChI=1S/C45H44N5O10P/c1-28(2)21-39(50-44(54)40(49-42(52)33-13-9-30(26-46)10-14-33)22-29-11-19-38(20-12-29)60-61(56,57)58)43(53)48-37-24-35(32-15-17-34(18-16-32)45(55)59-3)23-36(25-37)41(51)47-27-31-7-5-4-6-8-31/h4-20,23-25,28,39-40H,21-22,27H2,1-3H3,(H,47,51)(H,48,53)(H,49,52)(H,50,54)(H2,56,57,58)/t39-,40-/m0/s1. The minimum Gasteiger partial charge on any atom is -0.465 e. The third-order valence-electron chi connectivity index (χ3n) is 9.22. The molecular weight excluding hydrogens is 801 g/mol. The number of esters is 1. The topological polar surface area (TPSA) is 233 Å². The van der Waals surface area contributed by atoms with Crippen molar-refractivity contribution in [2.24, 2.45) is 5.92 Å². The zero-order valence-electron chi connectivity index (χ0n) is 33.5. The van der Waals surface area contributed by atoms with Gasteiger partial charge in [0.1, 0.15) is 17.8 Å². The van der Waals surface area contributed by atoms with Crippen molar-refractivity contribution in [3.8, 4) is 22.9 Å². The van der Waals surface area contributed by atoms with Crippen LogP contribution in [0.25, 0.3) is 11.1 Å². The molecule has 5 rings (SSSR count). The van der Waals surface area contributed by atoms with E-state index in [2.05, 4.69) is 25.8 Å². The van der Waals surface area contributed by atoms with Gasteiger partial charge in [-0.1, -0.05) is 68.4 Å². The molecule has 0 unspecified atom stereocenters. The van der Waals surface area contributed by atoms with Gasteiger partial charge in [0.05, 0.1) is 24.3 Å². The summed E-state index contributed by atoms with van der Waals surface area (Å²) in [6, 6.07) is 31.6. The Balaban J connectivity index is 1.42. The van der Waals surface area contributed by atoms with Gasteiger partial charge in [-0.2, -0.15) is 5.26 Å². The Morgan fingerprint density at radius 3 is 1.97 bits per heavy atom. The van der Waals surface area contributed by atoms with Gasteiger partial charge in [-0.3, -0.25) is 29.0 Å². The summed E-state index contributed by atoms with van der Waals surface area (Å²) in [7, 11) is -3.55. The van der Waals surface area contributed by atoms with Gasteiger partial charge in [0, 0.05) is 29.8 Å². The molecule has 0 spiro atoms. The Kier molecular flexibility index (Phi) is 15.3. The fourth-order valence-electron chi connectivity index (χ4n) is 6.21. The van der Waals surface area contributed by atoms with Crippen LogP contribution in [0.2, 0.25) is 0 Å². The number of ether oxygens (including phenoxy) is 1. The number of rotatable bonds is 17. The lowest BCUT2D eigenvalue weighted by Crippen LogP contribution is -2.53. The van der Waals surface area contributed by atoms with Crippen LogP contribution in [0.3, 0.4) is 0 Å². The number of nitriles is 1. The molecule has 0 radical (unpaired) electrons. The highest BCUT2D eigenvalue weighted by atomic mass is 31.2. The number of amides is 4. The molecule has 0 heterocycles. The molecule has 0 fully saturated rings. The summed E-state index contributed by atoms with van der Waals surface area (Å²) in [6.07, 6.45) is 0.0830. The summed E-state index contributed by atoms with van der Waals surface area (Å²) in [5.41, 5.74) is 3.84. The average Bonchev–Trinajstić information content (AvgIpc) is 3.25. The van der Waals surface area contributed by atoms with E-state index in [1.807, 2.05) is 50.2 Å². The summed E-state index contributed by atoms with van der Waals surface area (Å²) >= 11 is 0. The molecule has 16 heteroatoms. The largest absolute Gasteiger partial charge is 0.524 e. The normalized spacial score (nSPS) is 12.0. The second-order valence-electron chi connectivity index (χ2n) is 14.4. The number of methoxy groups -OCH3 is 1. The van der Waals surface area contributed by atoms with Crippen LogP contribution in [-0.4, -0.2) is 58.6 Å². The second-order valence-corrected chi connectivity index (χ2v) is 15.5. The maximum Gasteiger partial charge on any atom is 0.524 e. The monoisotopic (exact) mass is 845 g/mol. The number of hydrogen-bond donors (Lipinski definition) is 6. The van der Waals surface area contributed by atoms with Crippen molar-refractivity contribution in [1.82, 2.24) is 16.0 Å². The van der Waals surface area contributed by atoms with Crippen molar-refractivity contribution < 1.29 is 47.6 Å². The Morgan fingerprint density at radius 1 is 0.705 bits per heavy atom. The molecule has 5 aromatic carbocycles. The first-order valence-corrected chi connectivity index (χ1v) is 20.6. The number of phosphoric acid groups is 1. The molecule has 314 valence electrons. The van der Waals surface area contributed by atoms with Crippen LogP contribution in [0.15, 0.2) is 121 Å². The van der Waals surface area contributed by atoms with Crippen LogP contribution in [0, 0.1) is 17.2 Å². The zero-order chi connectivity index (χ0) is 44.1. The predicted octanol–water partition coefficient (Wildman–Crippen LogP) is 5.92. The molecule has 6 N–H and O–H groups in total. The van der Waals surface area contributed by atoms with Crippen molar-refractivity contribution in [3.05, 3.63) is 155 Å². The van der Waals surface area contributed by atoms with Crippen molar-refractivity contribution in [3.63, 3.8) is 0 Å². The highest BCUT2D eigenvalue weighted by Crippen LogP contribution is 2.37. The minimum absolute atomic E-state index is 0.0942. The molecule has 0 saturated heterocycles. The molecule has 0 aliphatic heterocycles. The number of nitrogens with one attached hydrogen (secondary N) is 4. The number of hydrogen-bond acceptors (Lipinski definition) is 9. The van der Waals surface area contributed by atoms with Gasteiger partial charge in [0.2, 0.25) is 11.8 Å². The first kappa shape index (κ1) is 45.0. The maximum absolute atomic E-state index is 14.1. The second kappa shape index (κ2) is 20.7. The fraction of sp³-hybridized carbons (Fsp3) is 0.200. The van der Waals surface area contributed by atoms with Crippen LogP contribution in [0.5, 0.6) is 5.75 Å². The number of anilines is 1. The fourth-order valence-corrected chi connectivity index (χ4v) is 6.60. The molecular formula is C45H44N5O10P. The Labute approximate surface area is 352 Å². The van der Waals surface area contributed by atoms with Crippen LogP contribution in [0.4, 0.5) is 5.69 Å². The predicted molar refractivity (Wildman–Crippen MR) is 226 cm³/mol. The van der Waals surface area contributed by atoms with Crippen LogP contribution in [-0.2, 0) is 31.9 Å². The van der Waals surface area contributed by atoms with E-state index >= 15 is 0 Å². The SMILES string of the molecule is COC(=O)c1ccc(-c2cc(NC(=O)[C@H](CC(C)C)NC(=O)[C@H](Cc3ccc(OP(=O)(O)O)cc3)NC(=O)c3ccc(C#N)cc3)cc(C(=O)NCc3ccccc3)c2)cc1. The molecule has 0 aromatic heterocycles. The molecule has 0 saturated carbocycles. The van der Waals surface area contributed by atoms with Gasteiger partial charge in [0.15, 0.2) is 0 Å². The van der Waals surface area contributed by atoms with Crippen molar-refractivity contribution in [2.75, 3.05) is 12.4 Å². The van der Waals surface area contributed by atoms with E-state index in [1.165, 1.54) is 61.7 Å². The summed E-state index contributed by atoms with van der Waals surface area (Å²) < 4.78 is 20.8. The molecule has 61 heavy (non-hydrogen) atoms. The molecule has 0 aliphatic rings. The number of phosphoric ester groups is 1. The number of carbonyl (C=O) groups is 5. The van der Waals surface area contributed by atoms with Crippen molar-refractivity contribution in [1.29, 1.82) is 5.26 Å². The van der Waals surface area contributed by atoms with E-state index in [9.17, 15) is 43.6 Å². The quantitative estimate of drug-likeness (QED) is 0.0475. The molecule has 5 aromatic rings. The zero-order valence-corrected chi connectivity index (χ0v) is 34.3. The number of nitrogens with zero attached hydrogens (tertiary/aromatic N) is 1. The summed E-state index contributed by atoms with van der Waals surface area (Å²) in [4.78, 5) is 85.7.